The molecule has 3 heteroatoms. The lowest BCUT2D eigenvalue weighted by atomic mass is 9.54. The molecule has 0 amide bonds. The monoisotopic (exact) mass is 283 g/mol. The van der Waals surface area contributed by atoms with E-state index in [2.05, 4.69) is 36.3 Å². The number of rotatable bonds is 1. The summed E-state index contributed by atoms with van der Waals surface area (Å²) in [5.74, 6) is 2.34. The Morgan fingerprint density at radius 2 is 2.10 bits per heavy atom. The Hall–Kier alpha value is -1.22. The molecule has 4 aliphatic carbocycles. The smallest absolute Gasteiger partial charge is 0.110 e. The number of hydrogen-bond donors (Lipinski definition) is 1. The Balaban J connectivity index is 1.68. The second-order valence-electron chi connectivity index (χ2n) is 7.53. The lowest BCUT2D eigenvalue weighted by Gasteiger charge is -2.50. The van der Waals surface area contributed by atoms with Gasteiger partial charge in [0, 0.05) is 5.92 Å². The molecule has 0 saturated heterocycles. The summed E-state index contributed by atoms with van der Waals surface area (Å²) in [6, 6.07) is -0.181. The molecule has 1 radical (unpaired) electrons. The fourth-order valence-electron chi connectivity index (χ4n) is 5.45. The second-order valence-corrected chi connectivity index (χ2v) is 7.53. The topological polar surface area (TPSA) is 54.9 Å². The largest absolute Gasteiger partial charge is 0.393 e. The number of nitrogens with zero attached hydrogens (tertiary/aromatic N) is 2. The fraction of sp³-hybridized carbons (Fsp3) is 0.667. The average molecular weight is 283 g/mol. The van der Waals surface area contributed by atoms with E-state index in [1.165, 1.54) is 12.0 Å². The molecule has 7 atom stereocenters. The van der Waals surface area contributed by atoms with E-state index in [4.69, 9.17) is 5.53 Å². The Bertz CT molecular complexity index is 549. The van der Waals surface area contributed by atoms with Crippen molar-refractivity contribution in [3.8, 4) is 0 Å². The molecule has 3 nitrogen and oxygen atoms in total. The molecule has 0 spiro atoms. The van der Waals surface area contributed by atoms with Crippen LogP contribution >= 0.6 is 0 Å². The third-order valence-electron chi connectivity index (χ3n) is 6.70. The lowest BCUT2D eigenvalue weighted by Crippen LogP contribution is -2.45. The van der Waals surface area contributed by atoms with Crippen molar-refractivity contribution in [3.05, 3.63) is 36.0 Å². The van der Waals surface area contributed by atoms with Crippen LogP contribution in [0.4, 0.5) is 0 Å². The van der Waals surface area contributed by atoms with Crippen molar-refractivity contribution < 1.29 is 5.11 Å². The average Bonchev–Trinajstić information content (AvgIpc) is 2.82. The summed E-state index contributed by atoms with van der Waals surface area (Å²) in [4.78, 5) is 0. The summed E-state index contributed by atoms with van der Waals surface area (Å²) in [5.41, 5.74) is 10.4. The van der Waals surface area contributed by atoms with Gasteiger partial charge in [0.2, 0.25) is 0 Å². The van der Waals surface area contributed by atoms with E-state index in [0.29, 0.717) is 23.7 Å². The molecule has 0 aromatic heterocycles. The molecule has 4 rings (SSSR count). The van der Waals surface area contributed by atoms with Gasteiger partial charge in [0.05, 0.1) is 6.10 Å². The Kier molecular flexibility index (Phi) is 2.97. The van der Waals surface area contributed by atoms with E-state index < -0.39 is 0 Å². The van der Waals surface area contributed by atoms with Crippen molar-refractivity contribution in [3.63, 3.8) is 0 Å². The van der Waals surface area contributed by atoms with Crippen LogP contribution in [0.15, 0.2) is 41.1 Å². The van der Waals surface area contributed by atoms with Crippen LogP contribution in [0.3, 0.4) is 0 Å². The van der Waals surface area contributed by atoms with E-state index in [0.717, 1.165) is 19.3 Å². The van der Waals surface area contributed by atoms with Crippen molar-refractivity contribution >= 4 is 0 Å². The number of allylic oxidation sites excluding steroid dienone is 4. The highest BCUT2D eigenvalue weighted by molar-refractivity contribution is 5.38. The molecule has 0 aromatic carbocycles. The van der Waals surface area contributed by atoms with Crippen LogP contribution in [-0.4, -0.2) is 17.3 Å². The zero-order valence-corrected chi connectivity index (χ0v) is 12.5. The normalized spacial score (nSPS) is 50.9. The molecule has 0 heterocycles. The van der Waals surface area contributed by atoms with Gasteiger partial charge in [-0.1, -0.05) is 37.3 Å². The minimum Gasteiger partial charge on any atom is -0.393 e. The summed E-state index contributed by atoms with van der Waals surface area (Å²) in [6.07, 6.45) is 15.3. The van der Waals surface area contributed by atoms with Crippen LogP contribution in [0.5, 0.6) is 0 Å². The van der Waals surface area contributed by atoms with Crippen LogP contribution in [0, 0.1) is 29.1 Å². The number of fused-ring (bicyclic) bond motifs is 5. The van der Waals surface area contributed by atoms with E-state index in [1.807, 2.05) is 6.08 Å². The molecule has 4 aliphatic rings. The minimum absolute atomic E-state index is 0.117. The fourth-order valence-corrected chi connectivity index (χ4v) is 5.45. The van der Waals surface area contributed by atoms with Gasteiger partial charge in [-0.2, -0.15) is 5.11 Å². The molecule has 0 bridgehead atoms. The van der Waals surface area contributed by atoms with Gasteiger partial charge in [0.15, 0.2) is 0 Å². The van der Waals surface area contributed by atoms with Gasteiger partial charge >= 0.3 is 0 Å². The maximum Gasteiger partial charge on any atom is 0.110 e. The molecule has 111 valence electrons. The van der Waals surface area contributed by atoms with Gasteiger partial charge in [-0.3, -0.25) is 0 Å². The molecule has 5 unspecified atom stereocenters. The first-order valence-electron chi connectivity index (χ1n) is 8.24. The van der Waals surface area contributed by atoms with Gasteiger partial charge in [0.1, 0.15) is 6.04 Å². The predicted molar refractivity (Wildman–Crippen MR) is 81.3 cm³/mol. The lowest BCUT2D eigenvalue weighted by molar-refractivity contribution is -0.0266. The summed E-state index contributed by atoms with van der Waals surface area (Å²) >= 11 is 0. The predicted octanol–water partition coefficient (Wildman–Crippen LogP) is 3.09. The summed E-state index contributed by atoms with van der Waals surface area (Å²) in [6.45, 7) is 2.29. The highest BCUT2D eigenvalue weighted by Crippen LogP contribution is 2.59. The molecule has 1 N–H and O–H groups in total. The maximum atomic E-state index is 10.4. The van der Waals surface area contributed by atoms with Crippen molar-refractivity contribution in [2.45, 2.75) is 44.8 Å². The molecular weight excluding hydrogens is 260 g/mol. The summed E-state index contributed by atoms with van der Waals surface area (Å²) in [7, 11) is 0. The zero-order valence-electron chi connectivity index (χ0n) is 12.5. The first kappa shape index (κ1) is 13.4. The van der Waals surface area contributed by atoms with Crippen LogP contribution in [-0.2, 0) is 0 Å². The molecular formula is C18H23N2O. The first-order valence-corrected chi connectivity index (χ1v) is 8.24. The molecule has 2 fully saturated rings. The van der Waals surface area contributed by atoms with Gasteiger partial charge < -0.3 is 5.11 Å². The SMILES string of the molecule is C[C@]12CCC3C4C=CC(N=[N])C=C4C=CC3C1CC[C@@H]2O. The van der Waals surface area contributed by atoms with Crippen LogP contribution in [0.2, 0.25) is 0 Å². The van der Waals surface area contributed by atoms with Crippen molar-refractivity contribution in [2.75, 3.05) is 0 Å². The van der Waals surface area contributed by atoms with Gasteiger partial charge in [-0.25, -0.2) is 0 Å². The number of aliphatic hydroxyl groups excluding tert-OH is 1. The van der Waals surface area contributed by atoms with Crippen molar-refractivity contribution in [2.24, 2.45) is 34.2 Å². The summed E-state index contributed by atoms with van der Waals surface area (Å²) < 4.78 is 0. The van der Waals surface area contributed by atoms with E-state index in [-0.39, 0.29) is 17.6 Å². The van der Waals surface area contributed by atoms with Crippen LogP contribution in [0.25, 0.3) is 0 Å². The minimum atomic E-state index is -0.181. The standard InChI is InChI=1S/C18H23N2O/c1-18-9-8-14-13-5-3-12(20-19)10-11(13)2-4-15(14)16(18)6-7-17(18)21/h2-5,10,12-17,21H,6-9H2,1H3/t12?,13?,14?,15?,16?,17-,18-/m0/s1. The molecule has 0 aromatic rings. The quantitative estimate of drug-likeness (QED) is 0.583. The molecule has 21 heavy (non-hydrogen) atoms. The Morgan fingerprint density at radius 3 is 2.90 bits per heavy atom. The number of aliphatic hydroxyl groups is 1. The van der Waals surface area contributed by atoms with E-state index in [1.54, 1.807) is 0 Å². The summed E-state index contributed by atoms with van der Waals surface area (Å²) in [5, 5.41) is 13.8. The third-order valence-corrected chi connectivity index (χ3v) is 6.70. The van der Waals surface area contributed by atoms with Crippen molar-refractivity contribution in [1.29, 1.82) is 0 Å². The Morgan fingerprint density at radius 1 is 1.24 bits per heavy atom. The maximum absolute atomic E-state index is 10.4. The van der Waals surface area contributed by atoms with Crippen LogP contribution < -0.4 is 5.53 Å². The van der Waals surface area contributed by atoms with E-state index in [9.17, 15) is 5.11 Å². The third kappa shape index (κ3) is 1.83. The zero-order chi connectivity index (χ0) is 14.6. The van der Waals surface area contributed by atoms with E-state index >= 15 is 0 Å². The highest BCUT2D eigenvalue weighted by Gasteiger charge is 2.54. The second kappa shape index (κ2) is 4.64. The molecule has 0 aliphatic heterocycles. The van der Waals surface area contributed by atoms with Gasteiger partial charge in [-0.05, 0) is 60.0 Å². The van der Waals surface area contributed by atoms with Crippen molar-refractivity contribution in [1.82, 2.24) is 5.53 Å². The number of hydrogen-bond acceptors (Lipinski definition) is 2. The first-order chi connectivity index (χ1) is 10.1. The van der Waals surface area contributed by atoms with Gasteiger partial charge in [0.25, 0.3) is 0 Å². The molecule has 2 saturated carbocycles. The van der Waals surface area contributed by atoms with Gasteiger partial charge in [-0.15, -0.1) is 0 Å². The Labute approximate surface area is 126 Å². The van der Waals surface area contributed by atoms with Crippen LogP contribution in [0.1, 0.15) is 32.6 Å². The highest BCUT2D eigenvalue weighted by atomic mass is 16.3.